The van der Waals surface area contributed by atoms with Crippen LogP contribution in [0.15, 0.2) is 46.9 Å². The van der Waals surface area contributed by atoms with Crippen molar-refractivity contribution < 1.29 is 9.52 Å². The number of aliphatic hydroxyl groups excluding tert-OH is 1. The maximum absolute atomic E-state index is 9.27. The molecule has 96 valence electrons. The Balaban J connectivity index is 0.000000516. The summed E-state index contributed by atoms with van der Waals surface area (Å²) in [4.78, 5) is 0. The lowest BCUT2D eigenvalue weighted by Crippen LogP contribution is -1.82. The summed E-state index contributed by atoms with van der Waals surface area (Å²) in [7, 11) is 0. The van der Waals surface area contributed by atoms with Gasteiger partial charge in [-0.25, -0.2) is 0 Å². The van der Waals surface area contributed by atoms with Gasteiger partial charge in [-0.2, -0.15) is 0 Å². The minimum absolute atomic E-state index is 0. The van der Waals surface area contributed by atoms with Crippen LogP contribution in [0.5, 0.6) is 0 Å². The summed E-state index contributed by atoms with van der Waals surface area (Å²) in [5.41, 5.74) is 2.62. The summed E-state index contributed by atoms with van der Waals surface area (Å²) < 4.78 is 5.68. The molecule has 0 saturated carbocycles. The number of para-hydroxylation sites is 1. The van der Waals surface area contributed by atoms with E-state index in [0.717, 1.165) is 27.5 Å². The van der Waals surface area contributed by atoms with Crippen LogP contribution in [0.3, 0.4) is 0 Å². The third kappa shape index (κ3) is 2.24. The number of hydrogen-bond donors (Lipinski definition) is 1. The summed E-state index contributed by atoms with van der Waals surface area (Å²) in [5, 5.41) is 11.4. The van der Waals surface area contributed by atoms with Crippen LogP contribution >= 0.6 is 0 Å². The molecule has 2 heteroatoms. The van der Waals surface area contributed by atoms with Gasteiger partial charge in [-0.1, -0.05) is 51.6 Å². The summed E-state index contributed by atoms with van der Waals surface area (Å²) in [6.07, 6.45) is 0. The minimum Gasteiger partial charge on any atom is -0.456 e. The van der Waals surface area contributed by atoms with Crippen molar-refractivity contribution in [2.75, 3.05) is 0 Å². The highest BCUT2D eigenvalue weighted by molar-refractivity contribution is 6.06. The Kier molecular flexibility index (Phi) is 4.93. The third-order valence-electron chi connectivity index (χ3n) is 2.66. The lowest BCUT2D eigenvalue weighted by molar-refractivity contribution is 0.283. The molecule has 2 nitrogen and oxygen atoms in total. The molecule has 0 saturated heterocycles. The van der Waals surface area contributed by atoms with E-state index in [-0.39, 0.29) is 14.0 Å². The van der Waals surface area contributed by atoms with Gasteiger partial charge in [0.1, 0.15) is 11.2 Å². The maximum Gasteiger partial charge on any atom is 0.135 e. The molecule has 0 fully saturated rings. The van der Waals surface area contributed by atoms with Crippen molar-refractivity contribution in [1.82, 2.24) is 0 Å². The molecule has 1 aromatic heterocycles. The smallest absolute Gasteiger partial charge is 0.135 e. The summed E-state index contributed by atoms with van der Waals surface area (Å²) in [6.45, 7) is 4.04. The van der Waals surface area contributed by atoms with E-state index in [1.807, 2.05) is 56.3 Å². The Labute approximate surface area is 108 Å². The topological polar surface area (TPSA) is 33.4 Å². The standard InChI is InChI=1S/C13H10O2.C2H6.CH4/c14-8-9-4-3-7-12-13(9)10-5-1-2-6-11(10)15-12;1-2;/h1-7,14H,8H2;1-2H3;1H4. The van der Waals surface area contributed by atoms with Crippen molar-refractivity contribution in [3.63, 3.8) is 0 Å². The highest BCUT2D eigenvalue weighted by Crippen LogP contribution is 2.30. The first-order chi connectivity index (χ1) is 8.40. The zero-order chi connectivity index (χ0) is 12.3. The van der Waals surface area contributed by atoms with E-state index in [2.05, 4.69) is 0 Å². The number of furan rings is 1. The largest absolute Gasteiger partial charge is 0.456 e. The van der Waals surface area contributed by atoms with Crippen LogP contribution in [0.1, 0.15) is 26.8 Å². The first-order valence-electron chi connectivity index (χ1n) is 5.90. The molecule has 0 spiro atoms. The molecule has 0 radical (unpaired) electrons. The molecule has 3 rings (SSSR count). The zero-order valence-electron chi connectivity index (χ0n) is 10.1. The molecule has 1 heterocycles. The van der Waals surface area contributed by atoms with E-state index in [9.17, 15) is 5.11 Å². The number of hydrogen-bond acceptors (Lipinski definition) is 2. The van der Waals surface area contributed by atoms with E-state index in [0.29, 0.717) is 0 Å². The predicted octanol–water partition coefficient (Wildman–Crippen LogP) is 4.74. The molecule has 3 aromatic rings. The Morgan fingerprint density at radius 2 is 1.61 bits per heavy atom. The van der Waals surface area contributed by atoms with E-state index < -0.39 is 0 Å². The molecule has 0 unspecified atom stereocenters. The van der Waals surface area contributed by atoms with E-state index in [1.165, 1.54) is 0 Å². The summed E-state index contributed by atoms with van der Waals surface area (Å²) in [6, 6.07) is 13.6. The van der Waals surface area contributed by atoms with Gasteiger partial charge >= 0.3 is 0 Å². The van der Waals surface area contributed by atoms with Gasteiger partial charge in [-0.15, -0.1) is 0 Å². The Hall–Kier alpha value is -1.80. The average molecular weight is 244 g/mol. The zero-order valence-corrected chi connectivity index (χ0v) is 10.1. The molecular formula is C16H20O2. The van der Waals surface area contributed by atoms with Crippen molar-refractivity contribution in [2.45, 2.75) is 27.9 Å². The summed E-state index contributed by atoms with van der Waals surface area (Å²) >= 11 is 0. The van der Waals surface area contributed by atoms with Gasteiger partial charge in [0.2, 0.25) is 0 Å². The normalized spacial score (nSPS) is 9.72. The second-order valence-corrected chi connectivity index (χ2v) is 3.55. The second kappa shape index (κ2) is 6.22. The number of benzene rings is 2. The van der Waals surface area contributed by atoms with Crippen LogP contribution < -0.4 is 0 Å². The van der Waals surface area contributed by atoms with Crippen LogP contribution in [-0.4, -0.2) is 5.11 Å². The van der Waals surface area contributed by atoms with Crippen LogP contribution in [0.2, 0.25) is 0 Å². The number of fused-ring (bicyclic) bond motifs is 3. The van der Waals surface area contributed by atoms with Gasteiger partial charge in [0.15, 0.2) is 0 Å². The van der Waals surface area contributed by atoms with Crippen LogP contribution in [-0.2, 0) is 6.61 Å². The lowest BCUT2D eigenvalue weighted by Gasteiger charge is -1.96. The SMILES string of the molecule is C.CC.OCc1cccc2oc3ccccc3c12. The quantitative estimate of drug-likeness (QED) is 0.670. The van der Waals surface area contributed by atoms with Gasteiger partial charge in [-0.05, 0) is 17.7 Å². The van der Waals surface area contributed by atoms with Crippen molar-refractivity contribution in [1.29, 1.82) is 0 Å². The fraction of sp³-hybridized carbons (Fsp3) is 0.250. The molecule has 0 aliphatic carbocycles. The van der Waals surface area contributed by atoms with Crippen molar-refractivity contribution in [3.05, 3.63) is 48.0 Å². The molecule has 18 heavy (non-hydrogen) atoms. The monoisotopic (exact) mass is 244 g/mol. The van der Waals surface area contributed by atoms with Crippen LogP contribution in [0.25, 0.3) is 21.9 Å². The van der Waals surface area contributed by atoms with Crippen LogP contribution in [0, 0.1) is 0 Å². The van der Waals surface area contributed by atoms with Gasteiger partial charge in [0.25, 0.3) is 0 Å². The van der Waals surface area contributed by atoms with Crippen molar-refractivity contribution in [2.24, 2.45) is 0 Å². The van der Waals surface area contributed by atoms with E-state index >= 15 is 0 Å². The molecule has 2 aromatic carbocycles. The Bertz CT molecular complexity index is 623. The average Bonchev–Trinajstić information content (AvgIpc) is 2.79. The first kappa shape index (κ1) is 14.3. The summed E-state index contributed by atoms with van der Waals surface area (Å²) in [5.74, 6) is 0. The van der Waals surface area contributed by atoms with Crippen LogP contribution in [0.4, 0.5) is 0 Å². The van der Waals surface area contributed by atoms with Gasteiger partial charge in [0, 0.05) is 10.8 Å². The number of aliphatic hydroxyl groups is 1. The minimum atomic E-state index is 0. The predicted molar refractivity (Wildman–Crippen MR) is 77.7 cm³/mol. The van der Waals surface area contributed by atoms with Crippen molar-refractivity contribution >= 4 is 21.9 Å². The molecule has 0 aliphatic rings. The fourth-order valence-electron chi connectivity index (χ4n) is 1.98. The Morgan fingerprint density at radius 1 is 0.944 bits per heavy atom. The molecule has 0 bridgehead atoms. The fourth-order valence-corrected chi connectivity index (χ4v) is 1.98. The molecule has 1 N–H and O–H groups in total. The first-order valence-corrected chi connectivity index (χ1v) is 5.90. The molecule has 0 aliphatic heterocycles. The third-order valence-corrected chi connectivity index (χ3v) is 2.66. The van der Waals surface area contributed by atoms with E-state index in [1.54, 1.807) is 0 Å². The lowest BCUT2D eigenvalue weighted by atomic mass is 10.1. The molecule has 0 atom stereocenters. The maximum atomic E-state index is 9.27. The van der Waals surface area contributed by atoms with Gasteiger partial charge < -0.3 is 9.52 Å². The number of rotatable bonds is 1. The highest BCUT2D eigenvalue weighted by atomic mass is 16.3. The molecular weight excluding hydrogens is 224 g/mol. The van der Waals surface area contributed by atoms with Gasteiger partial charge in [0.05, 0.1) is 6.61 Å². The highest BCUT2D eigenvalue weighted by Gasteiger charge is 2.08. The second-order valence-electron chi connectivity index (χ2n) is 3.55. The molecule has 0 amide bonds. The Morgan fingerprint density at radius 3 is 2.33 bits per heavy atom. The van der Waals surface area contributed by atoms with Gasteiger partial charge in [-0.3, -0.25) is 0 Å². The van der Waals surface area contributed by atoms with Crippen molar-refractivity contribution in [3.8, 4) is 0 Å². The van der Waals surface area contributed by atoms with E-state index in [4.69, 9.17) is 4.42 Å².